The monoisotopic (exact) mass is 405 g/mol. The van der Waals surface area contributed by atoms with Crippen LogP contribution in [0.1, 0.15) is 57.8 Å². The molecular formula is C20H37Cl2N3O. The lowest BCUT2D eigenvalue weighted by atomic mass is 9.65. The molecule has 2 N–H and O–H groups in total. The molecule has 4 rings (SSSR count). The van der Waals surface area contributed by atoms with Gasteiger partial charge in [-0.3, -0.25) is 4.79 Å². The van der Waals surface area contributed by atoms with E-state index in [1.165, 1.54) is 64.6 Å². The van der Waals surface area contributed by atoms with Crippen LogP contribution < -0.4 is 5.73 Å². The van der Waals surface area contributed by atoms with Crippen LogP contribution in [0.4, 0.5) is 0 Å². The van der Waals surface area contributed by atoms with Gasteiger partial charge >= 0.3 is 0 Å². The number of nitrogens with two attached hydrogens (primary N) is 1. The quantitative estimate of drug-likeness (QED) is 0.782. The average molecular weight is 406 g/mol. The highest BCUT2D eigenvalue weighted by Crippen LogP contribution is 2.42. The minimum absolute atomic E-state index is 0. The Morgan fingerprint density at radius 3 is 2.19 bits per heavy atom. The highest BCUT2D eigenvalue weighted by molar-refractivity contribution is 5.85. The lowest BCUT2D eigenvalue weighted by molar-refractivity contribution is -0.137. The van der Waals surface area contributed by atoms with Crippen LogP contribution in [0.3, 0.4) is 0 Å². The molecule has 6 heteroatoms. The van der Waals surface area contributed by atoms with Crippen molar-refractivity contribution in [3.63, 3.8) is 0 Å². The molecule has 26 heavy (non-hydrogen) atoms. The van der Waals surface area contributed by atoms with E-state index >= 15 is 0 Å². The number of fused-ring (bicyclic) bond motifs is 2. The number of carbonyl (C=O) groups is 1. The predicted octanol–water partition coefficient (Wildman–Crippen LogP) is 3.32. The minimum atomic E-state index is 0. The number of hydrogen-bond acceptors (Lipinski definition) is 3. The second-order valence-electron chi connectivity index (χ2n) is 9.00. The van der Waals surface area contributed by atoms with Crippen LogP contribution in [0.25, 0.3) is 0 Å². The number of rotatable bonds is 3. The summed E-state index contributed by atoms with van der Waals surface area (Å²) in [6.45, 7) is 5.76. The van der Waals surface area contributed by atoms with E-state index in [1.54, 1.807) is 0 Å². The van der Waals surface area contributed by atoms with Gasteiger partial charge in [0, 0.05) is 31.6 Å². The Morgan fingerprint density at radius 1 is 0.885 bits per heavy atom. The SMILES string of the molecule is Cl.Cl.NC1C2CCCC1CC(C(=O)N1CCC(CN3CCCCC3)C1)C2. The zero-order valence-electron chi connectivity index (χ0n) is 16.0. The molecule has 0 aromatic rings. The molecule has 2 saturated carbocycles. The molecule has 3 atom stereocenters. The Balaban J connectivity index is 0.00000121. The molecule has 2 aliphatic heterocycles. The van der Waals surface area contributed by atoms with Crippen LogP contribution in [0, 0.1) is 23.7 Å². The summed E-state index contributed by atoms with van der Waals surface area (Å²) in [6.07, 6.45) is 11.3. The Hall–Kier alpha value is -0.0300. The number of carbonyl (C=O) groups excluding carboxylic acids is 1. The van der Waals surface area contributed by atoms with Crippen molar-refractivity contribution in [3.05, 3.63) is 0 Å². The van der Waals surface area contributed by atoms with Crippen molar-refractivity contribution in [1.82, 2.24) is 9.80 Å². The highest BCUT2D eigenvalue weighted by atomic mass is 35.5. The summed E-state index contributed by atoms with van der Waals surface area (Å²) in [5.41, 5.74) is 6.40. The Kier molecular flexibility index (Phi) is 8.52. The molecule has 2 saturated heterocycles. The summed E-state index contributed by atoms with van der Waals surface area (Å²) in [7, 11) is 0. The van der Waals surface area contributed by atoms with Crippen molar-refractivity contribution in [3.8, 4) is 0 Å². The van der Waals surface area contributed by atoms with E-state index in [2.05, 4.69) is 9.80 Å². The van der Waals surface area contributed by atoms with Gasteiger partial charge in [0.25, 0.3) is 0 Å². The molecule has 2 bridgehead atoms. The molecule has 4 aliphatic rings. The fourth-order valence-electron chi connectivity index (χ4n) is 5.94. The molecule has 0 radical (unpaired) electrons. The van der Waals surface area contributed by atoms with Gasteiger partial charge in [-0.1, -0.05) is 12.8 Å². The molecule has 0 aromatic heterocycles. The molecule has 0 aromatic carbocycles. The van der Waals surface area contributed by atoms with Gasteiger partial charge < -0.3 is 15.5 Å². The lowest BCUT2D eigenvalue weighted by Gasteiger charge is -2.44. The van der Waals surface area contributed by atoms with Crippen molar-refractivity contribution in [2.75, 3.05) is 32.7 Å². The van der Waals surface area contributed by atoms with E-state index in [0.29, 0.717) is 29.7 Å². The van der Waals surface area contributed by atoms with Crippen LogP contribution in [-0.2, 0) is 4.79 Å². The van der Waals surface area contributed by atoms with E-state index in [-0.39, 0.29) is 30.7 Å². The van der Waals surface area contributed by atoms with Gasteiger partial charge in [-0.05, 0) is 75.8 Å². The zero-order valence-corrected chi connectivity index (χ0v) is 17.6. The third kappa shape index (κ3) is 4.87. The molecule has 4 nitrogen and oxygen atoms in total. The molecule has 3 unspecified atom stereocenters. The first-order valence-electron chi connectivity index (χ1n) is 10.5. The van der Waals surface area contributed by atoms with Gasteiger partial charge in [0.05, 0.1) is 0 Å². The summed E-state index contributed by atoms with van der Waals surface area (Å²) in [6, 6.07) is 0.369. The maximum Gasteiger partial charge on any atom is 0.225 e. The molecular weight excluding hydrogens is 369 g/mol. The highest BCUT2D eigenvalue weighted by Gasteiger charge is 2.42. The van der Waals surface area contributed by atoms with Crippen LogP contribution in [0.5, 0.6) is 0 Å². The third-order valence-electron chi connectivity index (χ3n) is 7.32. The van der Waals surface area contributed by atoms with Gasteiger partial charge in [0.15, 0.2) is 0 Å². The maximum atomic E-state index is 13.0. The molecule has 1 amide bonds. The Morgan fingerprint density at radius 2 is 1.54 bits per heavy atom. The summed E-state index contributed by atoms with van der Waals surface area (Å²) < 4.78 is 0. The largest absolute Gasteiger partial charge is 0.342 e. The molecule has 2 aliphatic carbocycles. The normalized spacial score (nSPS) is 37.6. The number of nitrogens with zero attached hydrogens (tertiary/aromatic N) is 2. The second kappa shape index (κ2) is 9.95. The Bertz CT molecular complexity index is 444. The molecule has 0 spiro atoms. The van der Waals surface area contributed by atoms with Crippen molar-refractivity contribution >= 4 is 30.7 Å². The van der Waals surface area contributed by atoms with Crippen molar-refractivity contribution in [2.45, 2.75) is 63.8 Å². The fraction of sp³-hybridized carbons (Fsp3) is 0.950. The third-order valence-corrected chi connectivity index (χ3v) is 7.32. The van der Waals surface area contributed by atoms with E-state index in [4.69, 9.17) is 5.73 Å². The predicted molar refractivity (Wildman–Crippen MR) is 111 cm³/mol. The Labute approximate surface area is 171 Å². The zero-order chi connectivity index (χ0) is 16.5. The average Bonchev–Trinajstić information content (AvgIpc) is 3.03. The van der Waals surface area contributed by atoms with Crippen LogP contribution in [-0.4, -0.2) is 54.5 Å². The topological polar surface area (TPSA) is 49.6 Å². The van der Waals surface area contributed by atoms with Crippen molar-refractivity contribution in [2.24, 2.45) is 29.4 Å². The number of likely N-dealkylation sites (tertiary alicyclic amines) is 2. The first kappa shape index (κ1) is 22.3. The van der Waals surface area contributed by atoms with Gasteiger partial charge in [-0.15, -0.1) is 24.8 Å². The van der Waals surface area contributed by atoms with Gasteiger partial charge in [0.1, 0.15) is 0 Å². The summed E-state index contributed by atoms with van der Waals surface area (Å²) in [4.78, 5) is 17.9. The number of amides is 1. The van der Waals surface area contributed by atoms with E-state index in [1.807, 2.05) is 0 Å². The molecule has 4 fully saturated rings. The summed E-state index contributed by atoms with van der Waals surface area (Å²) in [5, 5.41) is 0. The fourth-order valence-corrected chi connectivity index (χ4v) is 5.94. The maximum absolute atomic E-state index is 13.0. The van der Waals surface area contributed by atoms with Crippen molar-refractivity contribution < 1.29 is 4.79 Å². The van der Waals surface area contributed by atoms with Crippen LogP contribution >= 0.6 is 24.8 Å². The van der Waals surface area contributed by atoms with Gasteiger partial charge in [0.2, 0.25) is 5.91 Å². The second-order valence-corrected chi connectivity index (χ2v) is 9.00. The summed E-state index contributed by atoms with van der Waals surface area (Å²) >= 11 is 0. The van der Waals surface area contributed by atoms with Crippen molar-refractivity contribution in [1.29, 1.82) is 0 Å². The summed E-state index contributed by atoms with van der Waals surface area (Å²) in [5.74, 6) is 2.66. The van der Waals surface area contributed by atoms with Crippen LogP contribution in [0.2, 0.25) is 0 Å². The smallest absolute Gasteiger partial charge is 0.225 e. The van der Waals surface area contributed by atoms with E-state index < -0.39 is 0 Å². The molecule has 152 valence electrons. The van der Waals surface area contributed by atoms with Gasteiger partial charge in [-0.25, -0.2) is 0 Å². The van der Waals surface area contributed by atoms with E-state index in [0.717, 1.165) is 25.9 Å². The van der Waals surface area contributed by atoms with E-state index in [9.17, 15) is 4.79 Å². The number of halogens is 2. The van der Waals surface area contributed by atoms with Gasteiger partial charge in [-0.2, -0.15) is 0 Å². The lowest BCUT2D eigenvalue weighted by Crippen LogP contribution is -2.49. The molecule has 2 heterocycles. The first-order valence-corrected chi connectivity index (χ1v) is 10.5. The number of hydrogen-bond donors (Lipinski definition) is 1. The van der Waals surface area contributed by atoms with Crippen LogP contribution in [0.15, 0.2) is 0 Å². The minimum Gasteiger partial charge on any atom is -0.342 e. The standard InChI is InChI=1S/C20H35N3O.2ClH/c21-19-16-5-4-6-17(19)12-18(11-16)20(24)23-10-7-15(14-23)13-22-8-2-1-3-9-22;;/h15-19H,1-14,21H2;2*1H. The first-order chi connectivity index (χ1) is 11.7. The number of piperidine rings is 1.